The Hall–Kier alpha value is -3.89. The minimum Gasteiger partial charge on any atom is -0.299 e. The number of hydroxylamine groups is 2. The van der Waals surface area contributed by atoms with Crippen LogP contribution in [0.4, 0.5) is 13.2 Å². The Morgan fingerprint density at radius 2 is 1.78 bits per heavy atom. The molecule has 4 rings (SSSR count). The van der Waals surface area contributed by atoms with Crippen molar-refractivity contribution in [3.8, 4) is 28.2 Å². The number of hydrogen-bond donors (Lipinski definition) is 0. The molecule has 4 aromatic rings. The second kappa shape index (κ2) is 11.0. The maximum absolute atomic E-state index is 13.9. The fraction of sp³-hybridized carbons (Fsp3) is 0.148. The smallest absolute Gasteiger partial charge is 0.299 e. The first-order valence-corrected chi connectivity index (χ1v) is 12.3. The molecular formula is C27H23F3N4O2S. The number of thioether (sulfide) groups is 1. The average molecular weight is 525 g/mol. The summed E-state index contributed by atoms with van der Waals surface area (Å²) in [6.07, 6.45) is -0.737. The molecule has 0 aliphatic carbocycles. The van der Waals surface area contributed by atoms with E-state index < -0.39 is 11.7 Å². The molecule has 37 heavy (non-hydrogen) atoms. The fourth-order valence-corrected chi connectivity index (χ4v) is 4.32. The van der Waals surface area contributed by atoms with E-state index in [0.29, 0.717) is 12.1 Å². The molecule has 1 heterocycles. The Morgan fingerprint density at radius 3 is 2.43 bits per heavy atom. The number of amides is 1. The summed E-state index contributed by atoms with van der Waals surface area (Å²) in [5.41, 5.74) is 1.80. The zero-order chi connectivity index (χ0) is 26.6. The Balaban J connectivity index is 1.89. The van der Waals surface area contributed by atoms with Crippen LogP contribution in [-0.4, -0.2) is 47.3 Å². The molecule has 0 unspecified atom stereocenters. The average Bonchev–Trinajstić information content (AvgIpc) is 3.36. The van der Waals surface area contributed by atoms with Gasteiger partial charge in [-0.1, -0.05) is 42.5 Å². The van der Waals surface area contributed by atoms with Crippen molar-refractivity contribution in [2.24, 2.45) is 4.99 Å². The lowest BCUT2D eigenvalue weighted by atomic mass is 10.0. The van der Waals surface area contributed by atoms with E-state index in [1.54, 1.807) is 16.3 Å². The van der Waals surface area contributed by atoms with E-state index in [1.807, 2.05) is 48.7 Å². The lowest BCUT2D eigenvalue weighted by Gasteiger charge is -2.15. The largest absolute Gasteiger partial charge is 0.417 e. The summed E-state index contributed by atoms with van der Waals surface area (Å²) >= 11 is 1.64. The molecule has 3 aromatic carbocycles. The third kappa shape index (κ3) is 5.60. The van der Waals surface area contributed by atoms with Crippen molar-refractivity contribution in [1.29, 1.82) is 0 Å². The standard InChI is InChI=1S/C27H23F3N4O2S/c1-33(36-2)26(31-17-35)24-16-34(25(32-24)22-9-4-5-10-23(22)27(28,29)30)20-13-11-18(12-14-20)19-7-6-8-21(15-19)37-3/h4-17H,1-3H3. The van der Waals surface area contributed by atoms with Crippen LogP contribution in [0.3, 0.4) is 0 Å². The minimum atomic E-state index is -4.59. The highest BCUT2D eigenvalue weighted by Crippen LogP contribution is 2.37. The summed E-state index contributed by atoms with van der Waals surface area (Å²) in [7, 11) is 2.89. The molecule has 0 spiro atoms. The lowest BCUT2D eigenvalue weighted by Crippen LogP contribution is -2.27. The van der Waals surface area contributed by atoms with Crippen molar-refractivity contribution < 1.29 is 22.8 Å². The van der Waals surface area contributed by atoms with Crippen LogP contribution >= 0.6 is 11.8 Å². The van der Waals surface area contributed by atoms with Gasteiger partial charge in [0, 0.05) is 29.4 Å². The normalized spacial score (nSPS) is 12.0. The van der Waals surface area contributed by atoms with Crippen molar-refractivity contribution in [3.63, 3.8) is 0 Å². The number of carbonyl (C=O) groups excluding carboxylic acids is 1. The third-order valence-corrected chi connectivity index (χ3v) is 6.43. The molecule has 0 fully saturated rings. The number of carbonyl (C=O) groups is 1. The first kappa shape index (κ1) is 26.2. The Kier molecular flexibility index (Phi) is 7.80. The van der Waals surface area contributed by atoms with Crippen LogP contribution in [0.5, 0.6) is 0 Å². The first-order chi connectivity index (χ1) is 17.8. The van der Waals surface area contributed by atoms with E-state index in [1.165, 1.54) is 43.6 Å². The second-order valence-corrected chi connectivity index (χ2v) is 8.76. The number of halogens is 3. The molecular weight excluding hydrogens is 501 g/mol. The molecule has 0 saturated heterocycles. The third-order valence-electron chi connectivity index (χ3n) is 5.70. The predicted molar refractivity (Wildman–Crippen MR) is 139 cm³/mol. The molecule has 0 atom stereocenters. The number of benzene rings is 3. The molecule has 6 nitrogen and oxygen atoms in total. The molecule has 190 valence electrons. The van der Waals surface area contributed by atoms with Crippen LogP contribution in [0.1, 0.15) is 11.3 Å². The Bertz CT molecular complexity index is 1430. The molecule has 0 bridgehead atoms. The van der Waals surface area contributed by atoms with Crippen LogP contribution < -0.4 is 0 Å². The van der Waals surface area contributed by atoms with Gasteiger partial charge >= 0.3 is 6.18 Å². The monoisotopic (exact) mass is 524 g/mol. The fourth-order valence-electron chi connectivity index (χ4n) is 3.86. The van der Waals surface area contributed by atoms with Crippen molar-refractivity contribution in [2.75, 3.05) is 20.4 Å². The Labute approximate surface area is 216 Å². The number of amidine groups is 1. The molecule has 0 radical (unpaired) electrons. The highest BCUT2D eigenvalue weighted by atomic mass is 32.2. The molecule has 1 amide bonds. The zero-order valence-electron chi connectivity index (χ0n) is 20.2. The summed E-state index contributed by atoms with van der Waals surface area (Å²) in [4.78, 5) is 25.7. The van der Waals surface area contributed by atoms with Crippen LogP contribution in [0, 0.1) is 0 Å². The topological polar surface area (TPSA) is 59.7 Å². The van der Waals surface area contributed by atoms with Crippen molar-refractivity contribution in [1.82, 2.24) is 14.6 Å². The van der Waals surface area contributed by atoms with Crippen molar-refractivity contribution in [2.45, 2.75) is 11.1 Å². The van der Waals surface area contributed by atoms with Gasteiger partial charge in [0.25, 0.3) is 0 Å². The second-order valence-electron chi connectivity index (χ2n) is 7.88. The van der Waals surface area contributed by atoms with Gasteiger partial charge in [0.15, 0.2) is 5.84 Å². The maximum atomic E-state index is 13.9. The van der Waals surface area contributed by atoms with E-state index >= 15 is 0 Å². The van der Waals surface area contributed by atoms with Gasteiger partial charge in [0.2, 0.25) is 6.41 Å². The number of rotatable bonds is 7. The van der Waals surface area contributed by atoms with E-state index in [9.17, 15) is 18.0 Å². The molecule has 0 aliphatic rings. The van der Waals surface area contributed by atoms with Gasteiger partial charge in [-0.15, -0.1) is 11.8 Å². The maximum Gasteiger partial charge on any atom is 0.417 e. The summed E-state index contributed by atoms with van der Waals surface area (Å²) in [6.45, 7) is 0. The molecule has 1 aromatic heterocycles. The summed E-state index contributed by atoms with van der Waals surface area (Å²) in [5, 5.41) is 1.21. The highest BCUT2D eigenvalue weighted by Gasteiger charge is 2.35. The number of aromatic nitrogens is 2. The molecule has 0 aliphatic heterocycles. The number of nitrogens with zero attached hydrogens (tertiary/aromatic N) is 4. The van der Waals surface area contributed by atoms with Gasteiger partial charge in [-0.3, -0.25) is 14.2 Å². The van der Waals surface area contributed by atoms with Crippen LogP contribution in [0.25, 0.3) is 28.2 Å². The van der Waals surface area contributed by atoms with Gasteiger partial charge in [0.1, 0.15) is 11.5 Å². The predicted octanol–water partition coefficient (Wildman–Crippen LogP) is 6.34. The number of hydrogen-bond acceptors (Lipinski definition) is 4. The minimum absolute atomic E-state index is 0.0446. The zero-order valence-corrected chi connectivity index (χ0v) is 21.0. The van der Waals surface area contributed by atoms with Gasteiger partial charge in [-0.2, -0.15) is 18.2 Å². The van der Waals surface area contributed by atoms with Crippen molar-refractivity contribution >= 4 is 24.0 Å². The van der Waals surface area contributed by atoms with Crippen LogP contribution in [0.2, 0.25) is 0 Å². The van der Waals surface area contributed by atoms with E-state index in [4.69, 9.17) is 4.84 Å². The SMILES string of the molecule is CON(C)C(=NC=O)c1cn(-c2ccc(-c3cccc(SC)c3)cc2)c(-c2ccccc2C(F)(F)F)n1. The van der Waals surface area contributed by atoms with Crippen LogP contribution in [0.15, 0.2) is 88.9 Å². The summed E-state index contributed by atoms with van der Waals surface area (Å²) < 4.78 is 43.3. The molecule has 0 saturated carbocycles. The van der Waals surface area contributed by atoms with E-state index in [0.717, 1.165) is 22.1 Å². The highest BCUT2D eigenvalue weighted by molar-refractivity contribution is 7.98. The van der Waals surface area contributed by atoms with Crippen molar-refractivity contribution in [3.05, 3.63) is 90.3 Å². The summed E-state index contributed by atoms with van der Waals surface area (Å²) in [6, 6.07) is 20.7. The number of aliphatic imine (C=N–C) groups is 1. The van der Waals surface area contributed by atoms with Gasteiger partial charge in [-0.25, -0.2) is 10.0 Å². The quantitative estimate of drug-likeness (QED) is 0.0928. The number of alkyl halides is 3. The van der Waals surface area contributed by atoms with E-state index in [2.05, 4.69) is 16.0 Å². The van der Waals surface area contributed by atoms with E-state index in [-0.39, 0.29) is 22.9 Å². The molecule has 0 N–H and O–H groups in total. The Morgan fingerprint density at radius 1 is 1.05 bits per heavy atom. The summed E-state index contributed by atoms with van der Waals surface area (Å²) in [5.74, 6) is 0.0932. The van der Waals surface area contributed by atoms with Gasteiger partial charge in [-0.05, 0) is 47.7 Å². The number of imidazole rings is 1. The molecule has 10 heteroatoms. The van der Waals surface area contributed by atoms with Gasteiger partial charge in [0.05, 0.1) is 12.7 Å². The first-order valence-electron chi connectivity index (χ1n) is 11.1. The van der Waals surface area contributed by atoms with Crippen LogP contribution in [-0.2, 0) is 15.8 Å². The van der Waals surface area contributed by atoms with Gasteiger partial charge < -0.3 is 0 Å². The lowest BCUT2D eigenvalue weighted by molar-refractivity contribution is -0.137.